The Hall–Kier alpha value is -1.81. The quantitative estimate of drug-likeness (QED) is 0.918. The van der Waals surface area contributed by atoms with Crippen LogP contribution in [0.15, 0.2) is 33.5 Å². The van der Waals surface area contributed by atoms with Crippen molar-refractivity contribution in [2.45, 2.75) is 52.2 Å². The van der Waals surface area contributed by atoms with E-state index in [1.165, 1.54) is 11.3 Å². The summed E-state index contributed by atoms with van der Waals surface area (Å²) in [6.45, 7) is 5.47. The van der Waals surface area contributed by atoms with E-state index in [4.69, 9.17) is 4.42 Å². The molecule has 0 fully saturated rings. The molecule has 2 aromatic rings. The lowest BCUT2D eigenvalue weighted by Gasteiger charge is -2.10. The van der Waals surface area contributed by atoms with E-state index in [2.05, 4.69) is 19.2 Å². The molecule has 0 spiro atoms. The van der Waals surface area contributed by atoms with Crippen LogP contribution in [0.25, 0.3) is 0 Å². The van der Waals surface area contributed by atoms with Gasteiger partial charge in [0, 0.05) is 17.8 Å². The lowest BCUT2D eigenvalue weighted by Crippen LogP contribution is -2.23. The molecule has 4 nitrogen and oxygen atoms in total. The number of nitrogens with one attached hydrogen (secondary N) is 1. The Balaban J connectivity index is 1.79. The molecule has 0 amide bonds. The van der Waals surface area contributed by atoms with Gasteiger partial charge >= 0.3 is 0 Å². The highest BCUT2D eigenvalue weighted by molar-refractivity contribution is 5.26. The summed E-state index contributed by atoms with van der Waals surface area (Å²) in [5, 5.41) is 3.33. The number of rotatable bonds is 5. The zero-order chi connectivity index (χ0) is 14.8. The van der Waals surface area contributed by atoms with E-state index in [0.29, 0.717) is 12.6 Å². The third-order valence-corrected chi connectivity index (χ3v) is 3.97. The van der Waals surface area contributed by atoms with Gasteiger partial charge in [0.25, 0.3) is 5.56 Å². The summed E-state index contributed by atoms with van der Waals surface area (Å²) in [7, 11) is 0. The molecule has 1 aliphatic carbocycles. The van der Waals surface area contributed by atoms with Crippen molar-refractivity contribution in [1.82, 2.24) is 9.88 Å². The molecule has 112 valence electrons. The summed E-state index contributed by atoms with van der Waals surface area (Å²) in [4.78, 5) is 12.1. The van der Waals surface area contributed by atoms with Crippen molar-refractivity contribution in [3.63, 3.8) is 0 Å². The number of aromatic nitrogens is 1. The first-order valence-electron chi connectivity index (χ1n) is 7.66. The predicted octanol–water partition coefficient (Wildman–Crippen LogP) is 2.48. The zero-order valence-corrected chi connectivity index (χ0v) is 12.7. The molecule has 0 saturated carbocycles. The molecule has 21 heavy (non-hydrogen) atoms. The van der Waals surface area contributed by atoms with E-state index in [9.17, 15) is 4.79 Å². The second-order valence-corrected chi connectivity index (χ2v) is 5.99. The number of pyridine rings is 1. The largest absolute Gasteiger partial charge is 0.463 e. The molecule has 1 aliphatic rings. The minimum atomic E-state index is 0.0638. The van der Waals surface area contributed by atoms with Crippen LogP contribution in [0.4, 0.5) is 0 Å². The highest BCUT2D eigenvalue weighted by Crippen LogP contribution is 2.21. The van der Waals surface area contributed by atoms with Crippen LogP contribution in [0.3, 0.4) is 0 Å². The molecule has 3 rings (SSSR count). The topological polar surface area (TPSA) is 47.2 Å². The van der Waals surface area contributed by atoms with Gasteiger partial charge in [-0.3, -0.25) is 4.79 Å². The SMILES string of the molecule is CC(C)NCc1ccc(Cn2c3c(ccc2=O)CCC3)o1. The molecule has 0 aliphatic heterocycles. The van der Waals surface area contributed by atoms with Crippen molar-refractivity contribution < 1.29 is 4.42 Å². The second kappa shape index (κ2) is 5.90. The Labute approximate surface area is 124 Å². The molecule has 2 aromatic heterocycles. The lowest BCUT2D eigenvalue weighted by atomic mass is 10.2. The van der Waals surface area contributed by atoms with Crippen LogP contribution < -0.4 is 10.9 Å². The van der Waals surface area contributed by atoms with Gasteiger partial charge in [-0.05, 0) is 37.0 Å². The highest BCUT2D eigenvalue weighted by Gasteiger charge is 2.16. The fourth-order valence-corrected chi connectivity index (χ4v) is 2.87. The van der Waals surface area contributed by atoms with Gasteiger partial charge in [-0.2, -0.15) is 0 Å². The van der Waals surface area contributed by atoms with Crippen LogP contribution in [-0.2, 0) is 25.9 Å². The first-order chi connectivity index (χ1) is 10.1. The normalized spacial score (nSPS) is 13.9. The van der Waals surface area contributed by atoms with Crippen LogP contribution in [0.1, 0.15) is 43.0 Å². The summed E-state index contributed by atoms with van der Waals surface area (Å²) in [5.74, 6) is 1.76. The number of fused-ring (bicyclic) bond motifs is 1. The Morgan fingerprint density at radius 2 is 2.00 bits per heavy atom. The standard InChI is InChI=1S/C17H22N2O2/c1-12(2)18-10-14-7-8-15(21-14)11-19-16-5-3-4-13(16)6-9-17(19)20/h6-9,12,18H,3-5,10-11H2,1-2H3. The maximum atomic E-state index is 12.1. The summed E-state index contributed by atoms with van der Waals surface area (Å²) in [6, 6.07) is 8.03. The number of furan rings is 1. The molecule has 0 bridgehead atoms. The van der Waals surface area contributed by atoms with E-state index < -0.39 is 0 Å². The first kappa shape index (κ1) is 14.1. The maximum absolute atomic E-state index is 12.1. The smallest absolute Gasteiger partial charge is 0.251 e. The van der Waals surface area contributed by atoms with Crippen LogP contribution in [0, 0.1) is 0 Å². The fraction of sp³-hybridized carbons (Fsp3) is 0.471. The van der Waals surface area contributed by atoms with Crippen LogP contribution >= 0.6 is 0 Å². The summed E-state index contributed by atoms with van der Waals surface area (Å²) < 4.78 is 7.69. The summed E-state index contributed by atoms with van der Waals surface area (Å²) >= 11 is 0. The Kier molecular flexibility index (Phi) is 3.97. The summed E-state index contributed by atoms with van der Waals surface area (Å²) in [5.41, 5.74) is 2.55. The van der Waals surface area contributed by atoms with Gasteiger partial charge in [0.05, 0.1) is 13.1 Å². The van der Waals surface area contributed by atoms with Crippen LogP contribution in [0.5, 0.6) is 0 Å². The Bertz CT molecular complexity index is 682. The molecule has 2 heterocycles. The number of hydrogen-bond donors (Lipinski definition) is 1. The van der Waals surface area contributed by atoms with Gasteiger partial charge < -0.3 is 14.3 Å². The predicted molar refractivity (Wildman–Crippen MR) is 82.5 cm³/mol. The van der Waals surface area contributed by atoms with Crippen molar-refractivity contribution >= 4 is 0 Å². The first-order valence-corrected chi connectivity index (χ1v) is 7.66. The van der Waals surface area contributed by atoms with Crippen molar-refractivity contribution in [1.29, 1.82) is 0 Å². The van der Waals surface area contributed by atoms with Crippen LogP contribution in [-0.4, -0.2) is 10.6 Å². The fourth-order valence-electron chi connectivity index (χ4n) is 2.87. The van der Waals surface area contributed by atoms with Gasteiger partial charge in [-0.25, -0.2) is 0 Å². The van der Waals surface area contributed by atoms with Gasteiger partial charge in [0.15, 0.2) is 0 Å². The molecule has 4 heteroatoms. The molecule has 0 atom stereocenters. The maximum Gasteiger partial charge on any atom is 0.251 e. The Morgan fingerprint density at radius 3 is 2.81 bits per heavy atom. The van der Waals surface area contributed by atoms with Gasteiger partial charge in [-0.15, -0.1) is 0 Å². The minimum Gasteiger partial charge on any atom is -0.463 e. The van der Waals surface area contributed by atoms with Crippen molar-refractivity contribution in [3.8, 4) is 0 Å². The van der Waals surface area contributed by atoms with Crippen molar-refractivity contribution in [2.75, 3.05) is 0 Å². The van der Waals surface area contributed by atoms with Gasteiger partial charge in [0.2, 0.25) is 0 Å². The third kappa shape index (κ3) is 3.10. The van der Waals surface area contributed by atoms with E-state index in [1.54, 1.807) is 6.07 Å². The third-order valence-electron chi connectivity index (χ3n) is 3.97. The highest BCUT2D eigenvalue weighted by atomic mass is 16.3. The van der Waals surface area contributed by atoms with E-state index in [0.717, 1.165) is 37.3 Å². The molecule has 0 unspecified atom stereocenters. The monoisotopic (exact) mass is 286 g/mol. The average Bonchev–Trinajstić information content (AvgIpc) is 3.08. The van der Waals surface area contributed by atoms with E-state index in [1.807, 2.05) is 22.8 Å². The van der Waals surface area contributed by atoms with E-state index >= 15 is 0 Å². The molecule has 1 N–H and O–H groups in total. The Morgan fingerprint density at radius 1 is 1.19 bits per heavy atom. The second-order valence-electron chi connectivity index (χ2n) is 5.99. The van der Waals surface area contributed by atoms with Crippen molar-refractivity contribution in [3.05, 3.63) is 57.4 Å². The van der Waals surface area contributed by atoms with Gasteiger partial charge in [-0.1, -0.05) is 19.9 Å². The zero-order valence-electron chi connectivity index (χ0n) is 12.7. The number of nitrogens with zero attached hydrogens (tertiary/aromatic N) is 1. The molecular formula is C17H22N2O2. The van der Waals surface area contributed by atoms with Gasteiger partial charge in [0.1, 0.15) is 11.5 Å². The van der Waals surface area contributed by atoms with Crippen LogP contribution in [0.2, 0.25) is 0 Å². The summed E-state index contributed by atoms with van der Waals surface area (Å²) in [6.07, 6.45) is 3.21. The van der Waals surface area contributed by atoms with E-state index in [-0.39, 0.29) is 5.56 Å². The number of aryl methyl sites for hydroxylation is 1. The minimum absolute atomic E-state index is 0.0638. The average molecular weight is 286 g/mol. The molecule has 0 saturated heterocycles. The molecule has 0 aromatic carbocycles. The lowest BCUT2D eigenvalue weighted by molar-refractivity contribution is 0.424. The number of hydrogen-bond acceptors (Lipinski definition) is 3. The van der Waals surface area contributed by atoms with Crippen molar-refractivity contribution in [2.24, 2.45) is 0 Å². The molecular weight excluding hydrogens is 264 g/mol. The molecule has 0 radical (unpaired) electrons.